The smallest absolute Gasteiger partial charge is 0.124 e. The molecule has 3 nitrogen and oxygen atoms in total. The summed E-state index contributed by atoms with van der Waals surface area (Å²) in [6.07, 6.45) is -0.609. The number of ether oxygens (including phenoxy) is 1. The minimum Gasteiger partial charge on any atom is -0.489 e. The lowest BCUT2D eigenvalue weighted by molar-refractivity contribution is 0.174. The Kier molecular flexibility index (Phi) is 7.29. The maximum atomic E-state index is 13.2. The van der Waals surface area contributed by atoms with Crippen LogP contribution in [-0.4, -0.2) is 11.7 Å². The standard InChI is InChI=1S/C22H20Cl2FNO2/c23-18-7-9-22(28-14-16-6-8-19(25)11-20(16)24)17(10-18)12-26-13-21(27)15-4-2-1-3-5-15/h1-11,21,26-27H,12-14H2/t21-/m1/s1. The maximum absolute atomic E-state index is 13.2. The lowest BCUT2D eigenvalue weighted by Gasteiger charge is -2.15. The van der Waals surface area contributed by atoms with E-state index in [0.29, 0.717) is 34.4 Å². The molecule has 0 spiro atoms. The summed E-state index contributed by atoms with van der Waals surface area (Å²) in [5, 5.41) is 14.4. The number of benzene rings is 3. The quantitative estimate of drug-likeness (QED) is 0.503. The van der Waals surface area contributed by atoms with Gasteiger partial charge in [0.2, 0.25) is 0 Å². The average Bonchev–Trinajstić information content (AvgIpc) is 2.69. The van der Waals surface area contributed by atoms with Gasteiger partial charge in [-0.25, -0.2) is 4.39 Å². The summed E-state index contributed by atoms with van der Waals surface area (Å²) in [4.78, 5) is 0. The number of rotatable bonds is 8. The molecule has 0 bridgehead atoms. The molecule has 28 heavy (non-hydrogen) atoms. The summed E-state index contributed by atoms with van der Waals surface area (Å²) >= 11 is 12.2. The summed E-state index contributed by atoms with van der Waals surface area (Å²) in [5.74, 6) is 0.258. The van der Waals surface area contributed by atoms with E-state index in [2.05, 4.69) is 5.32 Å². The number of hydrogen-bond donors (Lipinski definition) is 2. The second kappa shape index (κ2) is 9.89. The van der Waals surface area contributed by atoms with Crippen molar-refractivity contribution in [1.29, 1.82) is 0 Å². The fourth-order valence-electron chi connectivity index (χ4n) is 2.76. The predicted octanol–water partition coefficient (Wildman–Crippen LogP) is 5.53. The van der Waals surface area contributed by atoms with E-state index in [1.807, 2.05) is 36.4 Å². The Morgan fingerprint density at radius 3 is 2.50 bits per heavy atom. The number of aliphatic hydroxyl groups is 1. The molecule has 2 N–H and O–H groups in total. The molecule has 0 saturated heterocycles. The third kappa shape index (κ3) is 5.69. The first-order valence-electron chi connectivity index (χ1n) is 8.82. The van der Waals surface area contributed by atoms with Gasteiger partial charge >= 0.3 is 0 Å². The lowest BCUT2D eigenvalue weighted by atomic mass is 10.1. The summed E-state index contributed by atoms with van der Waals surface area (Å²) in [5.41, 5.74) is 2.39. The van der Waals surface area contributed by atoms with Gasteiger partial charge in [-0.2, -0.15) is 0 Å². The van der Waals surface area contributed by atoms with Gasteiger partial charge in [-0.3, -0.25) is 0 Å². The molecule has 6 heteroatoms. The van der Waals surface area contributed by atoms with E-state index in [1.165, 1.54) is 12.1 Å². The summed E-state index contributed by atoms with van der Waals surface area (Å²) in [6, 6.07) is 19.0. The van der Waals surface area contributed by atoms with Crippen LogP contribution in [0.3, 0.4) is 0 Å². The second-order valence-corrected chi connectivity index (χ2v) is 7.18. The first kappa shape index (κ1) is 20.6. The largest absolute Gasteiger partial charge is 0.489 e. The molecule has 0 fully saturated rings. The van der Waals surface area contributed by atoms with Crippen LogP contribution < -0.4 is 10.1 Å². The van der Waals surface area contributed by atoms with Crippen LogP contribution in [0.1, 0.15) is 22.8 Å². The monoisotopic (exact) mass is 419 g/mol. The first-order valence-corrected chi connectivity index (χ1v) is 9.57. The molecule has 146 valence electrons. The fourth-order valence-corrected chi connectivity index (χ4v) is 3.17. The van der Waals surface area contributed by atoms with Gasteiger partial charge < -0.3 is 15.2 Å². The van der Waals surface area contributed by atoms with Crippen molar-refractivity contribution in [2.45, 2.75) is 19.3 Å². The second-order valence-electron chi connectivity index (χ2n) is 6.33. The third-order valence-corrected chi connectivity index (χ3v) is 4.85. The van der Waals surface area contributed by atoms with Gasteiger partial charge in [-0.15, -0.1) is 0 Å². The first-order chi connectivity index (χ1) is 13.5. The van der Waals surface area contributed by atoms with E-state index in [0.717, 1.165) is 11.1 Å². The topological polar surface area (TPSA) is 41.5 Å². The van der Waals surface area contributed by atoms with Crippen molar-refractivity contribution in [2.24, 2.45) is 0 Å². The van der Waals surface area contributed by atoms with Gasteiger partial charge in [0.05, 0.1) is 11.1 Å². The van der Waals surface area contributed by atoms with E-state index < -0.39 is 6.10 Å². The van der Waals surface area contributed by atoms with Gasteiger partial charge in [0.1, 0.15) is 18.2 Å². The van der Waals surface area contributed by atoms with Crippen LogP contribution in [0.4, 0.5) is 4.39 Å². The molecule has 3 aromatic carbocycles. The van der Waals surface area contributed by atoms with Crippen molar-refractivity contribution < 1.29 is 14.2 Å². The molecule has 0 saturated carbocycles. The highest BCUT2D eigenvalue weighted by molar-refractivity contribution is 6.31. The van der Waals surface area contributed by atoms with E-state index in [9.17, 15) is 9.50 Å². The van der Waals surface area contributed by atoms with Crippen LogP contribution in [0.5, 0.6) is 5.75 Å². The van der Waals surface area contributed by atoms with Gasteiger partial charge in [0, 0.05) is 29.2 Å². The highest BCUT2D eigenvalue weighted by Crippen LogP contribution is 2.26. The van der Waals surface area contributed by atoms with Crippen molar-refractivity contribution in [3.05, 3.63) is 99.3 Å². The third-order valence-electron chi connectivity index (χ3n) is 4.26. The lowest BCUT2D eigenvalue weighted by Crippen LogP contribution is -2.21. The minimum atomic E-state index is -0.609. The molecule has 0 aliphatic heterocycles. The SMILES string of the molecule is O[C@H](CNCc1cc(Cl)ccc1OCc1ccc(F)cc1Cl)c1ccccc1. The Bertz CT molecular complexity index is 922. The molecule has 0 aliphatic rings. The minimum absolute atomic E-state index is 0.209. The average molecular weight is 420 g/mol. The van der Waals surface area contributed by atoms with E-state index >= 15 is 0 Å². The molecular weight excluding hydrogens is 400 g/mol. The van der Waals surface area contributed by atoms with Crippen molar-refractivity contribution >= 4 is 23.2 Å². The highest BCUT2D eigenvalue weighted by atomic mass is 35.5. The van der Waals surface area contributed by atoms with E-state index in [-0.39, 0.29) is 12.4 Å². The Morgan fingerprint density at radius 1 is 0.964 bits per heavy atom. The molecule has 0 radical (unpaired) electrons. The zero-order chi connectivity index (χ0) is 19.9. The molecule has 1 atom stereocenters. The maximum Gasteiger partial charge on any atom is 0.124 e. The molecule has 0 aromatic heterocycles. The van der Waals surface area contributed by atoms with E-state index in [4.69, 9.17) is 27.9 Å². The molecular formula is C22H20Cl2FNO2. The van der Waals surface area contributed by atoms with Crippen LogP contribution in [0.15, 0.2) is 66.7 Å². The van der Waals surface area contributed by atoms with Crippen molar-refractivity contribution in [2.75, 3.05) is 6.54 Å². The Balaban J connectivity index is 1.62. The van der Waals surface area contributed by atoms with Gasteiger partial charge in [0.15, 0.2) is 0 Å². The predicted molar refractivity (Wildman–Crippen MR) is 110 cm³/mol. The molecule has 3 aromatic rings. The number of hydrogen-bond acceptors (Lipinski definition) is 3. The fraction of sp³-hybridized carbons (Fsp3) is 0.182. The summed E-state index contributed by atoms with van der Waals surface area (Å²) in [6.45, 7) is 1.07. The molecule has 3 rings (SSSR count). The molecule has 0 heterocycles. The normalized spacial score (nSPS) is 12.0. The van der Waals surface area contributed by atoms with Crippen LogP contribution in [0, 0.1) is 5.82 Å². The van der Waals surface area contributed by atoms with Crippen LogP contribution in [0.2, 0.25) is 10.0 Å². The van der Waals surface area contributed by atoms with Crippen molar-refractivity contribution in [1.82, 2.24) is 5.32 Å². The van der Waals surface area contributed by atoms with Crippen molar-refractivity contribution in [3.8, 4) is 5.75 Å². The van der Waals surface area contributed by atoms with Gasteiger partial charge in [-0.1, -0.05) is 59.6 Å². The van der Waals surface area contributed by atoms with E-state index in [1.54, 1.807) is 18.2 Å². The van der Waals surface area contributed by atoms with Gasteiger partial charge in [0.25, 0.3) is 0 Å². The van der Waals surface area contributed by atoms with Gasteiger partial charge in [-0.05, 0) is 35.9 Å². The summed E-state index contributed by atoms with van der Waals surface area (Å²) < 4.78 is 19.1. The van der Waals surface area contributed by atoms with Crippen LogP contribution >= 0.6 is 23.2 Å². The summed E-state index contributed by atoms with van der Waals surface area (Å²) in [7, 11) is 0. The van der Waals surface area contributed by atoms with Crippen LogP contribution in [-0.2, 0) is 13.2 Å². The van der Waals surface area contributed by atoms with Crippen LogP contribution in [0.25, 0.3) is 0 Å². The molecule has 0 unspecified atom stereocenters. The number of nitrogens with one attached hydrogen (secondary N) is 1. The van der Waals surface area contributed by atoms with Crippen molar-refractivity contribution in [3.63, 3.8) is 0 Å². The molecule has 0 amide bonds. The zero-order valence-corrected chi connectivity index (χ0v) is 16.6. The number of aliphatic hydroxyl groups excluding tert-OH is 1. The number of halogens is 3. The zero-order valence-electron chi connectivity index (χ0n) is 15.0. The Hall–Kier alpha value is -2.11. The molecule has 0 aliphatic carbocycles. The highest BCUT2D eigenvalue weighted by Gasteiger charge is 2.10. The Morgan fingerprint density at radius 2 is 1.75 bits per heavy atom. The Labute approximate surface area is 173 Å².